The van der Waals surface area contributed by atoms with Gasteiger partial charge in [-0.05, 0) is 94.5 Å². The maximum Gasteiger partial charge on any atom is 0.152 e. The third-order valence-corrected chi connectivity index (χ3v) is 4.46. The average Bonchev–Trinajstić information content (AvgIpc) is 2.75. The van der Waals surface area contributed by atoms with Gasteiger partial charge in [-0.25, -0.2) is 4.39 Å². The third kappa shape index (κ3) is 2.80. The molecule has 1 aliphatic rings. The molecule has 3 rings (SSSR count). The van der Waals surface area contributed by atoms with Crippen LogP contribution in [0.1, 0.15) is 23.6 Å². The Bertz CT molecular complexity index is 742. The van der Waals surface area contributed by atoms with E-state index in [1.54, 1.807) is 12.3 Å². The van der Waals surface area contributed by atoms with Crippen molar-refractivity contribution in [3.8, 4) is 0 Å². The van der Waals surface area contributed by atoms with Crippen LogP contribution in [0.5, 0.6) is 0 Å². The van der Waals surface area contributed by atoms with E-state index >= 15 is 0 Å². The molecule has 0 N–H and O–H groups in total. The molecule has 2 aromatic carbocycles. The lowest BCUT2D eigenvalue weighted by Gasteiger charge is -2.06. The minimum absolute atomic E-state index is 0.245. The van der Waals surface area contributed by atoms with Crippen molar-refractivity contribution in [1.29, 1.82) is 0 Å². The van der Waals surface area contributed by atoms with E-state index in [2.05, 4.69) is 12.2 Å². The normalized spacial score (nSPS) is 16.8. The van der Waals surface area contributed by atoms with E-state index in [4.69, 9.17) is 0 Å². The largest absolute Gasteiger partial charge is 0.612 e. The Balaban J connectivity index is 1.99. The molecular weight excluding hydrogens is 283 g/mol. The standard InChI is InChI=1S/C18H14FOS/c1-12-9-14-11-15(19)5-8-17(14)18(12)10-13-3-6-16(7-4-13)21(2)20/h3-8,10-11H,1-2H3. The average molecular weight is 297 g/mol. The van der Waals surface area contributed by atoms with Crippen molar-refractivity contribution in [3.63, 3.8) is 0 Å². The van der Waals surface area contributed by atoms with E-state index in [9.17, 15) is 8.94 Å². The zero-order valence-electron chi connectivity index (χ0n) is 11.8. The number of hydrogen-bond donors (Lipinski definition) is 0. The Morgan fingerprint density at radius 3 is 2.52 bits per heavy atom. The molecule has 0 aliphatic heterocycles. The molecule has 1 radical (unpaired) electrons. The van der Waals surface area contributed by atoms with E-state index < -0.39 is 11.2 Å². The van der Waals surface area contributed by atoms with E-state index in [1.165, 1.54) is 12.1 Å². The molecule has 1 atom stereocenters. The highest BCUT2D eigenvalue weighted by Gasteiger charge is 2.16. The van der Waals surface area contributed by atoms with Gasteiger partial charge in [-0.1, -0.05) is 6.07 Å². The molecule has 1 unspecified atom stereocenters. The summed E-state index contributed by atoms with van der Waals surface area (Å²) in [5.74, 6) is -0.245. The van der Waals surface area contributed by atoms with Crippen LogP contribution < -0.4 is 0 Å². The van der Waals surface area contributed by atoms with Crippen molar-refractivity contribution in [1.82, 2.24) is 0 Å². The molecule has 1 nitrogen and oxygen atoms in total. The van der Waals surface area contributed by atoms with E-state index in [0.717, 1.165) is 32.7 Å². The third-order valence-electron chi connectivity index (χ3n) is 3.52. The number of hydrogen-bond acceptors (Lipinski definition) is 1. The quantitative estimate of drug-likeness (QED) is 0.761. The number of benzene rings is 2. The van der Waals surface area contributed by atoms with E-state index in [-0.39, 0.29) is 5.82 Å². The second-order valence-corrected chi connectivity index (χ2v) is 6.40. The highest BCUT2D eigenvalue weighted by atomic mass is 32.2. The maximum absolute atomic E-state index is 13.3. The molecule has 0 aromatic heterocycles. The summed E-state index contributed by atoms with van der Waals surface area (Å²) in [5, 5.41) is 0. The van der Waals surface area contributed by atoms with Crippen LogP contribution in [-0.4, -0.2) is 10.8 Å². The van der Waals surface area contributed by atoms with Crippen LogP contribution in [0.25, 0.3) is 11.6 Å². The van der Waals surface area contributed by atoms with Gasteiger partial charge in [0.25, 0.3) is 0 Å². The van der Waals surface area contributed by atoms with Crippen LogP contribution in [-0.2, 0) is 11.2 Å². The van der Waals surface area contributed by atoms with Gasteiger partial charge in [0.2, 0.25) is 0 Å². The number of halogens is 1. The van der Waals surface area contributed by atoms with Gasteiger partial charge in [0.15, 0.2) is 4.90 Å². The van der Waals surface area contributed by atoms with Gasteiger partial charge in [0, 0.05) is 0 Å². The van der Waals surface area contributed by atoms with Crippen LogP contribution in [0, 0.1) is 11.9 Å². The van der Waals surface area contributed by atoms with Gasteiger partial charge < -0.3 is 4.55 Å². The second-order valence-electron chi connectivity index (χ2n) is 5.02. The lowest BCUT2D eigenvalue weighted by atomic mass is 10.0. The molecule has 3 heteroatoms. The summed E-state index contributed by atoms with van der Waals surface area (Å²) in [7, 11) is 0. The monoisotopic (exact) mass is 297 g/mol. The van der Waals surface area contributed by atoms with Crippen molar-refractivity contribution < 1.29 is 8.94 Å². The Morgan fingerprint density at radius 1 is 1.14 bits per heavy atom. The predicted molar refractivity (Wildman–Crippen MR) is 84.6 cm³/mol. The van der Waals surface area contributed by atoms with Gasteiger partial charge in [0.05, 0.1) is 0 Å². The molecule has 21 heavy (non-hydrogen) atoms. The van der Waals surface area contributed by atoms with Crippen molar-refractivity contribution in [2.24, 2.45) is 0 Å². The number of allylic oxidation sites excluding steroid dienone is 2. The molecule has 0 bridgehead atoms. The van der Waals surface area contributed by atoms with E-state index in [0.29, 0.717) is 0 Å². The van der Waals surface area contributed by atoms with E-state index in [1.807, 2.05) is 31.2 Å². The Kier molecular flexibility index (Phi) is 3.70. The summed E-state index contributed by atoms with van der Waals surface area (Å²) in [4.78, 5) is 0.810. The van der Waals surface area contributed by atoms with Gasteiger partial charge in [0.1, 0.15) is 12.1 Å². The lowest BCUT2D eigenvalue weighted by molar-refractivity contribution is 0.601. The topological polar surface area (TPSA) is 23.1 Å². The zero-order chi connectivity index (χ0) is 15.0. The zero-order valence-corrected chi connectivity index (χ0v) is 12.6. The molecule has 0 saturated carbocycles. The highest BCUT2D eigenvalue weighted by Crippen LogP contribution is 2.35. The van der Waals surface area contributed by atoms with Crippen molar-refractivity contribution in [2.45, 2.75) is 11.8 Å². The molecule has 1 aliphatic carbocycles. The second kappa shape index (κ2) is 5.51. The summed E-state index contributed by atoms with van der Waals surface area (Å²) in [6, 6.07) is 12.4. The maximum atomic E-state index is 13.3. The summed E-state index contributed by atoms with van der Waals surface area (Å²) < 4.78 is 24.7. The fourth-order valence-electron chi connectivity index (χ4n) is 2.43. The fourth-order valence-corrected chi connectivity index (χ4v) is 2.95. The summed E-state index contributed by atoms with van der Waals surface area (Å²) in [6.45, 7) is 1.97. The van der Waals surface area contributed by atoms with Gasteiger partial charge in [-0.3, -0.25) is 0 Å². The Morgan fingerprint density at radius 2 is 1.86 bits per heavy atom. The molecular formula is C18H14FOS. The molecule has 0 spiro atoms. The smallest absolute Gasteiger partial charge is 0.152 e. The van der Waals surface area contributed by atoms with Crippen molar-refractivity contribution in [3.05, 3.63) is 76.6 Å². The van der Waals surface area contributed by atoms with Crippen LogP contribution >= 0.6 is 0 Å². The Labute approximate surface area is 127 Å². The summed E-state index contributed by atoms with van der Waals surface area (Å²) in [6.07, 6.45) is 6.91. The summed E-state index contributed by atoms with van der Waals surface area (Å²) >= 11 is -0.967. The molecule has 2 aromatic rings. The SMILES string of the molecule is CC1=[C]c2cc(F)ccc2C1=Cc1ccc([S+](C)[O-])cc1. The number of fused-ring (bicyclic) bond motifs is 1. The van der Waals surface area contributed by atoms with Gasteiger partial charge >= 0.3 is 0 Å². The minimum atomic E-state index is -0.967. The lowest BCUT2D eigenvalue weighted by Crippen LogP contribution is -1.96. The van der Waals surface area contributed by atoms with Crippen molar-refractivity contribution in [2.75, 3.05) is 6.26 Å². The van der Waals surface area contributed by atoms with Crippen LogP contribution in [0.3, 0.4) is 0 Å². The molecule has 0 saturated heterocycles. The predicted octanol–water partition coefficient (Wildman–Crippen LogP) is 4.21. The molecule has 0 amide bonds. The molecule has 0 fully saturated rings. The first-order valence-electron chi connectivity index (χ1n) is 6.60. The Hall–Kier alpha value is -1.84. The highest BCUT2D eigenvalue weighted by molar-refractivity contribution is 7.90. The van der Waals surface area contributed by atoms with Gasteiger partial charge in [-0.15, -0.1) is 0 Å². The first-order valence-corrected chi connectivity index (χ1v) is 8.16. The molecule has 0 heterocycles. The van der Waals surface area contributed by atoms with Crippen LogP contribution in [0.2, 0.25) is 0 Å². The van der Waals surface area contributed by atoms with Crippen LogP contribution in [0.15, 0.2) is 52.9 Å². The minimum Gasteiger partial charge on any atom is -0.612 e. The first-order chi connectivity index (χ1) is 10.0. The van der Waals surface area contributed by atoms with Crippen molar-refractivity contribution >= 4 is 22.8 Å². The number of rotatable bonds is 2. The van der Waals surface area contributed by atoms with Gasteiger partial charge in [-0.2, -0.15) is 0 Å². The summed E-state index contributed by atoms with van der Waals surface area (Å²) in [5.41, 5.74) is 4.87. The van der Waals surface area contributed by atoms with Crippen LogP contribution in [0.4, 0.5) is 4.39 Å². The fraction of sp³-hybridized carbons (Fsp3) is 0.111. The first kappa shape index (κ1) is 14.1. The molecule has 105 valence electrons.